The van der Waals surface area contributed by atoms with Gasteiger partial charge in [-0.2, -0.15) is 0 Å². The molecule has 0 spiro atoms. The van der Waals surface area contributed by atoms with E-state index in [-0.39, 0.29) is 11.9 Å². The third kappa shape index (κ3) is 3.91. The van der Waals surface area contributed by atoms with Crippen LogP contribution < -0.4 is 0 Å². The average molecular weight is 394 g/mol. The van der Waals surface area contributed by atoms with Crippen molar-refractivity contribution in [2.75, 3.05) is 32.7 Å². The van der Waals surface area contributed by atoms with E-state index in [9.17, 15) is 4.79 Å². The fraction of sp³-hybridized carbons (Fsp3) is 0.348. The van der Waals surface area contributed by atoms with Gasteiger partial charge in [0.2, 0.25) is 0 Å². The molecule has 0 bridgehead atoms. The Morgan fingerprint density at radius 3 is 2.57 bits per heavy atom. The summed E-state index contributed by atoms with van der Waals surface area (Å²) >= 11 is 1.71. The van der Waals surface area contributed by atoms with Gasteiger partial charge in [0.05, 0.1) is 0 Å². The van der Waals surface area contributed by atoms with Gasteiger partial charge < -0.3 is 9.47 Å². The van der Waals surface area contributed by atoms with Crippen molar-refractivity contribution in [3.8, 4) is 0 Å². The second kappa shape index (κ2) is 8.33. The molecule has 4 rings (SSSR count). The van der Waals surface area contributed by atoms with E-state index in [1.165, 1.54) is 15.8 Å². The van der Waals surface area contributed by atoms with E-state index in [0.717, 1.165) is 38.4 Å². The number of benzene rings is 1. The summed E-state index contributed by atoms with van der Waals surface area (Å²) < 4.78 is 2.19. The highest BCUT2D eigenvalue weighted by Crippen LogP contribution is 2.29. The maximum atomic E-state index is 13.2. The van der Waals surface area contributed by atoms with E-state index >= 15 is 0 Å². The molecule has 3 heterocycles. The molecule has 0 atom stereocenters. The third-order valence-electron chi connectivity index (χ3n) is 5.31. The molecule has 1 amide bonds. The number of fused-ring (bicyclic) bond motifs is 1. The monoisotopic (exact) mass is 393 g/mol. The molecule has 1 aliphatic heterocycles. The first kappa shape index (κ1) is 19.0. The lowest BCUT2D eigenvalue weighted by molar-refractivity contribution is 0.0639. The summed E-state index contributed by atoms with van der Waals surface area (Å²) in [7, 11) is 0. The van der Waals surface area contributed by atoms with E-state index < -0.39 is 0 Å². The standard InChI is InChI=1S/C23H27N3OS/c1-18(2)26-21(17-20-10-16-28-23(20)26)22(27)25-14-12-24(13-15-25)11-6-9-19-7-4-3-5-8-19/h3-10,16-18H,11-15H2,1-2H3/b9-6+. The number of hydrogen-bond donors (Lipinski definition) is 0. The van der Waals surface area contributed by atoms with Crippen molar-refractivity contribution in [3.63, 3.8) is 0 Å². The molecular weight excluding hydrogens is 366 g/mol. The Labute approximate surface area is 170 Å². The number of carbonyl (C=O) groups excluding carboxylic acids is 1. The maximum Gasteiger partial charge on any atom is 0.270 e. The Morgan fingerprint density at radius 2 is 1.86 bits per heavy atom. The van der Waals surface area contributed by atoms with Gasteiger partial charge in [0.1, 0.15) is 10.5 Å². The molecule has 2 aromatic heterocycles. The molecule has 0 unspecified atom stereocenters. The minimum absolute atomic E-state index is 0.163. The van der Waals surface area contributed by atoms with E-state index in [1.807, 2.05) is 11.0 Å². The SMILES string of the molecule is CC(C)n1c(C(=O)N2CCN(C/C=C/c3ccccc3)CC2)cc2ccsc21. The summed E-state index contributed by atoms with van der Waals surface area (Å²) in [6, 6.07) is 14.8. The van der Waals surface area contributed by atoms with Gasteiger partial charge in [-0.05, 0) is 36.9 Å². The zero-order valence-electron chi connectivity index (χ0n) is 16.5. The van der Waals surface area contributed by atoms with E-state index in [1.54, 1.807) is 11.3 Å². The maximum absolute atomic E-state index is 13.2. The number of piperazine rings is 1. The van der Waals surface area contributed by atoms with Crippen LogP contribution in [-0.4, -0.2) is 53.0 Å². The van der Waals surface area contributed by atoms with Crippen LogP contribution in [0.5, 0.6) is 0 Å². The van der Waals surface area contributed by atoms with Crippen molar-refractivity contribution >= 4 is 33.5 Å². The van der Waals surface area contributed by atoms with Crippen LogP contribution in [0.3, 0.4) is 0 Å². The number of thiophene rings is 1. The van der Waals surface area contributed by atoms with Crippen LogP contribution in [0, 0.1) is 0 Å². The molecule has 1 fully saturated rings. The first-order chi connectivity index (χ1) is 13.6. The average Bonchev–Trinajstić information content (AvgIpc) is 3.29. The van der Waals surface area contributed by atoms with Gasteiger partial charge in [-0.15, -0.1) is 11.3 Å². The zero-order chi connectivity index (χ0) is 19.5. The Bertz CT molecular complexity index is 962. The number of rotatable bonds is 5. The fourth-order valence-corrected chi connectivity index (χ4v) is 4.85. The van der Waals surface area contributed by atoms with E-state index in [4.69, 9.17) is 0 Å². The molecule has 0 saturated carbocycles. The lowest BCUT2D eigenvalue weighted by atomic mass is 10.2. The molecule has 0 aliphatic carbocycles. The van der Waals surface area contributed by atoms with Crippen LogP contribution in [0.4, 0.5) is 0 Å². The fourth-order valence-electron chi connectivity index (χ4n) is 3.82. The lowest BCUT2D eigenvalue weighted by Crippen LogP contribution is -2.49. The first-order valence-electron chi connectivity index (χ1n) is 9.95. The van der Waals surface area contributed by atoms with Crippen molar-refractivity contribution < 1.29 is 4.79 Å². The van der Waals surface area contributed by atoms with Crippen molar-refractivity contribution in [2.24, 2.45) is 0 Å². The summed E-state index contributed by atoms with van der Waals surface area (Å²) in [4.78, 5) is 18.8. The highest BCUT2D eigenvalue weighted by molar-refractivity contribution is 7.16. The third-order valence-corrected chi connectivity index (χ3v) is 6.24. The molecule has 0 N–H and O–H groups in total. The molecule has 5 heteroatoms. The van der Waals surface area contributed by atoms with Gasteiger partial charge >= 0.3 is 0 Å². The van der Waals surface area contributed by atoms with E-state index in [0.29, 0.717) is 0 Å². The van der Waals surface area contributed by atoms with Crippen molar-refractivity contribution in [1.29, 1.82) is 0 Å². The highest BCUT2D eigenvalue weighted by Gasteiger charge is 2.26. The van der Waals surface area contributed by atoms with E-state index in [2.05, 4.69) is 77.2 Å². The van der Waals surface area contributed by atoms with Gasteiger partial charge in [-0.1, -0.05) is 42.5 Å². The Morgan fingerprint density at radius 1 is 1.11 bits per heavy atom. The van der Waals surface area contributed by atoms with Crippen LogP contribution in [-0.2, 0) is 0 Å². The molecule has 1 aromatic carbocycles. The molecule has 28 heavy (non-hydrogen) atoms. The predicted molar refractivity (Wildman–Crippen MR) is 118 cm³/mol. The Hall–Kier alpha value is -2.37. The summed E-state index contributed by atoms with van der Waals surface area (Å²) in [6.07, 6.45) is 4.38. The summed E-state index contributed by atoms with van der Waals surface area (Å²) in [6.45, 7) is 8.63. The van der Waals surface area contributed by atoms with Crippen molar-refractivity contribution in [1.82, 2.24) is 14.4 Å². The molecule has 1 aliphatic rings. The molecule has 146 valence electrons. The minimum Gasteiger partial charge on any atom is -0.335 e. The lowest BCUT2D eigenvalue weighted by Gasteiger charge is -2.34. The van der Waals surface area contributed by atoms with Gasteiger partial charge in [0.25, 0.3) is 5.91 Å². The highest BCUT2D eigenvalue weighted by atomic mass is 32.1. The molecule has 0 radical (unpaired) electrons. The van der Waals surface area contributed by atoms with Crippen LogP contribution in [0.15, 0.2) is 53.9 Å². The number of aromatic nitrogens is 1. The largest absolute Gasteiger partial charge is 0.335 e. The van der Waals surface area contributed by atoms with Gasteiger partial charge in [0, 0.05) is 44.2 Å². The summed E-state index contributed by atoms with van der Waals surface area (Å²) in [5.41, 5.74) is 2.06. The molecule has 1 saturated heterocycles. The first-order valence-corrected chi connectivity index (χ1v) is 10.8. The summed E-state index contributed by atoms with van der Waals surface area (Å²) in [5, 5.41) is 3.27. The van der Waals surface area contributed by atoms with Crippen LogP contribution >= 0.6 is 11.3 Å². The Balaban J connectivity index is 1.37. The van der Waals surface area contributed by atoms with Crippen molar-refractivity contribution in [3.05, 3.63) is 65.2 Å². The van der Waals surface area contributed by atoms with Gasteiger partial charge in [-0.25, -0.2) is 0 Å². The van der Waals surface area contributed by atoms with Crippen LogP contribution in [0.2, 0.25) is 0 Å². The van der Waals surface area contributed by atoms with Crippen LogP contribution in [0.25, 0.3) is 16.3 Å². The van der Waals surface area contributed by atoms with Crippen LogP contribution in [0.1, 0.15) is 35.9 Å². The molecule has 4 nitrogen and oxygen atoms in total. The Kier molecular flexibility index (Phi) is 5.64. The molecular formula is C23H27N3OS. The smallest absolute Gasteiger partial charge is 0.270 e. The van der Waals surface area contributed by atoms with Gasteiger partial charge in [-0.3, -0.25) is 9.69 Å². The van der Waals surface area contributed by atoms with Crippen molar-refractivity contribution in [2.45, 2.75) is 19.9 Å². The number of amides is 1. The predicted octanol–water partition coefficient (Wildman–Crippen LogP) is 4.75. The van der Waals surface area contributed by atoms with Gasteiger partial charge in [0.15, 0.2) is 0 Å². The number of nitrogens with zero attached hydrogens (tertiary/aromatic N) is 3. The number of hydrogen-bond acceptors (Lipinski definition) is 3. The topological polar surface area (TPSA) is 28.5 Å². The molecule has 3 aromatic rings. The second-order valence-corrected chi connectivity index (χ2v) is 8.47. The zero-order valence-corrected chi connectivity index (χ0v) is 17.4. The second-order valence-electron chi connectivity index (χ2n) is 7.58. The minimum atomic E-state index is 0.163. The normalized spacial score (nSPS) is 15.9. The number of carbonyl (C=O) groups is 1. The summed E-state index contributed by atoms with van der Waals surface area (Å²) in [5.74, 6) is 0.163. The quantitative estimate of drug-likeness (QED) is 0.625.